The molecule has 1 aromatic carbocycles. The Morgan fingerprint density at radius 3 is 2.85 bits per heavy atom. The first-order valence-corrected chi connectivity index (χ1v) is 6.89. The molecule has 0 bridgehead atoms. The molecule has 20 heavy (non-hydrogen) atoms. The summed E-state index contributed by atoms with van der Waals surface area (Å²) in [6.07, 6.45) is 0.953. The third-order valence-electron chi connectivity index (χ3n) is 3.12. The molecule has 2 aromatic rings. The lowest BCUT2D eigenvalue weighted by Crippen LogP contribution is -2.10. The number of carbonyl (C=O) groups excluding carboxylic acids is 1. The van der Waals surface area contributed by atoms with Crippen molar-refractivity contribution in [3.8, 4) is 5.75 Å². The van der Waals surface area contributed by atoms with Crippen LogP contribution in [0.15, 0.2) is 18.2 Å². The lowest BCUT2D eigenvalue weighted by atomic mass is 10.3. The van der Waals surface area contributed by atoms with E-state index in [0.717, 1.165) is 22.6 Å². The molecule has 108 valence electrons. The van der Waals surface area contributed by atoms with Crippen LogP contribution in [0.4, 0.5) is 0 Å². The van der Waals surface area contributed by atoms with E-state index in [2.05, 4.69) is 9.72 Å². The zero-order chi connectivity index (χ0) is 14.5. The molecular weight excluding hydrogens is 280 g/mol. The van der Waals surface area contributed by atoms with Crippen molar-refractivity contribution in [2.45, 2.75) is 19.4 Å². The van der Waals surface area contributed by atoms with Gasteiger partial charge >= 0.3 is 5.97 Å². The molecule has 0 unspecified atom stereocenters. The van der Waals surface area contributed by atoms with Crippen LogP contribution in [0.2, 0.25) is 0 Å². The molecule has 1 aromatic heterocycles. The molecule has 0 saturated heterocycles. The van der Waals surface area contributed by atoms with Gasteiger partial charge in [0, 0.05) is 24.9 Å². The van der Waals surface area contributed by atoms with Crippen molar-refractivity contribution in [2.75, 3.05) is 20.1 Å². The van der Waals surface area contributed by atoms with Gasteiger partial charge in [-0.2, -0.15) is 0 Å². The SMILES string of the molecule is COC(=O)CCn1c(CCCl)nc2ccc(OC)cc21. The summed E-state index contributed by atoms with van der Waals surface area (Å²) < 4.78 is 11.9. The molecule has 6 heteroatoms. The summed E-state index contributed by atoms with van der Waals surface area (Å²) in [6.45, 7) is 0.516. The Labute approximate surface area is 122 Å². The van der Waals surface area contributed by atoms with Gasteiger partial charge in [0.05, 0.1) is 31.7 Å². The number of fused-ring (bicyclic) bond motifs is 1. The van der Waals surface area contributed by atoms with Crippen LogP contribution in [0.5, 0.6) is 5.75 Å². The van der Waals surface area contributed by atoms with Crippen molar-refractivity contribution in [2.24, 2.45) is 0 Å². The largest absolute Gasteiger partial charge is 0.497 e. The van der Waals surface area contributed by atoms with Crippen molar-refractivity contribution in [1.82, 2.24) is 9.55 Å². The Hall–Kier alpha value is -1.75. The zero-order valence-electron chi connectivity index (χ0n) is 11.6. The van der Waals surface area contributed by atoms with Crippen LogP contribution in [-0.4, -0.2) is 35.6 Å². The molecule has 0 amide bonds. The average molecular weight is 297 g/mol. The molecule has 0 aliphatic heterocycles. The number of nitrogens with zero attached hydrogens (tertiary/aromatic N) is 2. The predicted molar refractivity (Wildman–Crippen MR) is 77.3 cm³/mol. The number of carbonyl (C=O) groups is 1. The minimum Gasteiger partial charge on any atom is -0.497 e. The molecule has 0 spiro atoms. The Morgan fingerprint density at radius 2 is 2.20 bits per heavy atom. The quantitative estimate of drug-likeness (QED) is 0.607. The van der Waals surface area contributed by atoms with E-state index in [9.17, 15) is 4.79 Å². The average Bonchev–Trinajstić information content (AvgIpc) is 2.81. The number of imidazole rings is 1. The number of ether oxygens (including phenoxy) is 2. The maximum atomic E-state index is 11.3. The van der Waals surface area contributed by atoms with Gasteiger partial charge in [-0.1, -0.05) is 0 Å². The molecule has 0 N–H and O–H groups in total. The van der Waals surface area contributed by atoms with E-state index >= 15 is 0 Å². The molecule has 0 saturated carbocycles. The number of hydrogen-bond acceptors (Lipinski definition) is 4. The highest BCUT2D eigenvalue weighted by Crippen LogP contribution is 2.23. The van der Waals surface area contributed by atoms with E-state index in [1.165, 1.54) is 7.11 Å². The number of benzene rings is 1. The molecule has 2 rings (SSSR count). The summed E-state index contributed by atoms with van der Waals surface area (Å²) in [4.78, 5) is 15.9. The van der Waals surface area contributed by atoms with Gasteiger partial charge in [-0.15, -0.1) is 11.6 Å². The van der Waals surface area contributed by atoms with E-state index in [0.29, 0.717) is 25.3 Å². The monoisotopic (exact) mass is 296 g/mol. The van der Waals surface area contributed by atoms with Crippen LogP contribution >= 0.6 is 11.6 Å². The third kappa shape index (κ3) is 3.04. The zero-order valence-corrected chi connectivity index (χ0v) is 12.3. The number of alkyl halides is 1. The summed E-state index contributed by atoms with van der Waals surface area (Å²) in [5, 5.41) is 0. The van der Waals surface area contributed by atoms with E-state index in [-0.39, 0.29) is 5.97 Å². The number of hydrogen-bond donors (Lipinski definition) is 0. The molecular formula is C14H17ClN2O3. The van der Waals surface area contributed by atoms with Crippen LogP contribution in [-0.2, 0) is 22.5 Å². The van der Waals surface area contributed by atoms with Crippen molar-refractivity contribution >= 4 is 28.6 Å². The van der Waals surface area contributed by atoms with Gasteiger partial charge in [-0.3, -0.25) is 4.79 Å². The van der Waals surface area contributed by atoms with E-state index in [4.69, 9.17) is 16.3 Å². The van der Waals surface area contributed by atoms with Crippen LogP contribution in [0.3, 0.4) is 0 Å². The van der Waals surface area contributed by atoms with Crippen LogP contribution in [0.25, 0.3) is 11.0 Å². The minimum absolute atomic E-state index is 0.244. The molecule has 1 heterocycles. The van der Waals surface area contributed by atoms with Crippen LogP contribution in [0, 0.1) is 0 Å². The summed E-state index contributed by atoms with van der Waals surface area (Å²) in [5.74, 6) is 1.87. The van der Waals surface area contributed by atoms with Gasteiger partial charge < -0.3 is 14.0 Å². The highest BCUT2D eigenvalue weighted by Gasteiger charge is 2.12. The summed E-state index contributed by atoms with van der Waals surface area (Å²) in [6, 6.07) is 5.68. The Kier molecular flexibility index (Phi) is 4.84. The molecule has 0 aliphatic carbocycles. The summed E-state index contributed by atoms with van der Waals surface area (Å²) >= 11 is 5.81. The van der Waals surface area contributed by atoms with Gasteiger partial charge in [0.25, 0.3) is 0 Å². The lowest BCUT2D eigenvalue weighted by Gasteiger charge is -2.08. The molecule has 0 fully saturated rings. The van der Waals surface area contributed by atoms with Crippen LogP contribution in [0.1, 0.15) is 12.2 Å². The Balaban J connectivity index is 2.40. The number of rotatable bonds is 6. The number of aromatic nitrogens is 2. The smallest absolute Gasteiger partial charge is 0.307 e. The van der Waals surface area contributed by atoms with Crippen molar-refractivity contribution in [3.63, 3.8) is 0 Å². The standard InChI is InChI=1S/C14H17ClN2O3/c1-19-10-3-4-11-12(9-10)17(8-6-14(18)20-2)13(16-11)5-7-15/h3-4,9H,5-8H2,1-2H3. The molecule has 0 atom stereocenters. The van der Waals surface area contributed by atoms with Gasteiger partial charge in [0.1, 0.15) is 11.6 Å². The Bertz CT molecular complexity index is 610. The lowest BCUT2D eigenvalue weighted by molar-refractivity contribution is -0.140. The maximum Gasteiger partial charge on any atom is 0.307 e. The van der Waals surface area contributed by atoms with Gasteiger partial charge in [-0.05, 0) is 12.1 Å². The molecule has 0 aliphatic rings. The first-order valence-electron chi connectivity index (χ1n) is 6.35. The van der Waals surface area contributed by atoms with Crippen molar-refractivity contribution < 1.29 is 14.3 Å². The fraction of sp³-hybridized carbons (Fsp3) is 0.429. The van der Waals surface area contributed by atoms with Crippen LogP contribution < -0.4 is 4.74 Å². The Morgan fingerprint density at radius 1 is 1.40 bits per heavy atom. The third-order valence-corrected chi connectivity index (χ3v) is 3.31. The fourth-order valence-corrected chi connectivity index (χ4v) is 2.28. The van der Waals surface area contributed by atoms with E-state index < -0.39 is 0 Å². The highest BCUT2D eigenvalue weighted by molar-refractivity contribution is 6.17. The predicted octanol–water partition coefficient (Wildman–Crippen LogP) is 2.39. The number of methoxy groups -OCH3 is 2. The minimum atomic E-state index is -0.244. The number of esters is 1. The molecule has 5 nitrogen and oxygen atoms in total. The number of aryl methyl sites for hydroxylation is 2. The normalized spacial score (nSPS) is 10.8. The van der Waals surface area contributed by atoms with E-state index in [1.54, 1.807) is 7.11 Å². The second-order valence-corrected chi connectivity index (χ2v) is 4.68. The van der Waals surface area contributed by atoms with E-state index in [1.807, 2.05) is 22.8 Å². The second kappa shape index (κ2) is 6.61. The topological polar surface area (TPSA) is 53.4 Å². The van der Waals surface area contributed by atoms with Crippen molar-refractivity contribution in [3.05, 3.63) is 24.0 Å². The first kappa shape index (κ1) is 14.7. The van der Waals surface area contributed by atoms with Gasteiger partial charge in [0.2, 0.25) is 0 Å². The molecule has 0 radical (unpaired) electrons. The second-order valence-electron chi connectivity index (χ2n) is 4.30. The van der Waals surface area contributed by atoms with Crippen molar-refractivity contribution in [1.29, 1.82) is 0 Å². The summed E-state index contributed by atoms with van der Waals surface area (Å²) in [7, 11) is 3.01. The van der Waals surface area contributed by atoms with Gasteiger partial charge in [0.15, 0.2) is 0 Å². The first-order chi connectivity index (χ1) is 9.69. The van der Waals surface area contributed by atoms with Gasteiger partial charge in [-0.25, -0.2) is 4.98 Å². The summed E-state index contributed by atoms with van der Waals surface area (Å²) in [5.41, 5.74) is 1.81. The fourth-order valence-electron chi connectivity index (χ4n) is 2.11. The highest BCUT2D eigenvalue weighted by atomic mass is 35.5. The maximum absolute atomic E-state index is 11.3. The number of halogens is 1.